The van der Waals surface area contributed by atoms with E-state index in [-0.39, 0.29) is 30.6 Å². The highest BCUT2D eigenvalue weighted by molar-refractivity contribution is 5.85. The van der Waals surface area contributed by atoms with Gasteiger partial charge in [-0.2, -0.15) is 9.97 Å². The Bertz CT molecular complexity index is 756. The SMILES string of the molecule is Nc1nc(N2CC[C@H](N)C2)c2ncn([C@H]3C=C[C@@H](CO)C3)c2n1. The second-order valence-electron chi connectivity index (χ2n) is 6.35. The first-order valence-corrected chi connectivity index (χ1v) is 7.95. The zero-order chi connectivity index (χ0) is 16.0. The summed E-state index contributed by atoms with van der Waals surface area (Å²) in [5.74, 6) is 1.20. The van der Waals surface area contributed by atoms with Crippen molar-refractivity contribution in [1.29, 1.82) is 0 Å². The molecule has 1 aliphatic heterocycles. The second kappa shape index (κ2) is 5.47. The molecule has 0 radical (unpaired) electrons. The van der Waals surface area contributed by atoms with Gasteiger partial charge in [0.1, 0.15) is 0 Å². The molecule has 1 saturated heterocycles. The van der Waals surface area contributed by atoms with Crippen LogP contribution in [0.5, 0.6) is 0 Å². The minimum absolute atomic E-state index is 0.139. The minimum atomic E-state index is 0.139. The number of fused-ring (bicyclic) bond motifs is 1. The summed E-state index contributed by atoms with van der Waals surface area (Å²) < 4.78 is 2.01. The fourth-order valence-electron chi connectivity index (χ4n) is 3.46. The predicted octanol–water partition coefficient (Wildman–Crippen LogP) is 0.0554. The molecule has 0 amide bonds. The van der Waals surface area contributed by atoms with Crippen LogP contribution in [0.2, 0.25) is 0 Å². The van der Waals surface area contributed by atoms with Crippen LogP contribution in [0, 0.1) is 5.92 Å². The molecule has 3 heterocycles. The molecule has 0 spiro atoms. The minimum Gasteiger partial charge on any atom is -0.396 e. The molecule has 0 bridgehead atoms. The van der Waals surface area contributed by atoms with Gasteiger partial charge in [0, 0.05) is 31.7 Å². The number of aliphatic hydroxyl groups is 1. The van der Waals surface area contributed by atoms with Crippen molar-refractivity contribution in [1.82, 2.24) is 19.5 Å². The van der Waals surface area contributed by atoms with Crippen molar-refractivity contribution in [3.8, 4) is 0 Å². The van der Waals surface area contributed by atoms with E-state index in [0.717, 1.165) is 42.9 Å². The van der Waals surface area contributed by atoms with Gasteiger partial charge in [-0.3, -0.25) is 0 Å². The van der Waals surface area contributed by atoms with Gasteiger partial charge < -0.3 is 26.0 Å². The summed E-state index contributed by atoms with van der Waals surface area (Å²) in [7, 11) is 0. The number of aliphatic hydroxyl groups excluding tert-OH is 1. The molecule has 0 aromatic carbocycles. The highest BCUT2D eigenvalue weighted by Gasteiger charge is 2.27. The fraction of sp³-hybridized carbons (Fsp3) is 0.533. The molecule has 4 rings (SSSR count). The number of rotatable bonds is 3. The van der Waals surface area contributed by atoms with Crippen molar-refractivity contribution in [3.05, 3.63) is 18.5 Å². The molecule has 8 heteroatoms. The zero-order valence-corrected chi connectivity index (χ0v) is 12.8. The third-order valence-electron chi connectivity index (χ3n) is 4.69. The van der Waals surface area contributed by atoms with Crippen LogP contribution in [-0.2, 0) is 0 Å². The van der Waals surface area contributed by atoms with Crippen LogP contribution < -0.4 is 16.4 Å². The Kier molecular flexibility index (Phi) is 3.42. The standard InChI is InChI=1S/C15H21N7O/c16-10-3-4-21(6-10)13-12-14(20-15(17)19-13)22(8-18-12)11-2-1-9(5-11)7-23/h1-2,8-11,23H,3-7,16H2,(H2,17,19,20)/t9-,10+,11+/m1/s1. The Hall–Kier alpha value is -2.19. The van der Waals surface area contributed by atoms with Gasteiger partial charge in [-0.05, 0) is 12.8 Å². The third kappa shape index (κ3) is 2.43. The highest BCUT2D eigenvalue weighted by atomic mass is 16.3. The molecule has 5 N–H and O–H groups in total. The Morgan fingerprint density at radius 1 is 1.30 bits per heavy atom. The molecule has 2 aliphatic rings. The van der Waals surface area contributed by atoms with Crippen molar-refractivity contribution in [2.24, 2.45) is 11.7 Å². The Labute approximate surface area is 133 Å². The van der Waals surface area contributed by atoms with Gasteiger partial charge in [0.15, 0.2) is 17.0 Å². The van der Waals surface area contributed by atoms with Gasteiger partial charge in [-0.15, -0.1) is 0 Å². The first-order chi connectivity index (χ1) is 11.2. The first kappa shape index (κ1) is 14.4. The molecular weight excluding hydrogens is 294 g/mol. The summed E-state index contributed by atoms with van der Waals surface area (Å²) in [5.41, 5.74) is 13.4. The van der Waals surface area contributed by atoms with E-state index < -0.39 is 0 Å². The lowest BCUT2D eigenvalue weighted by molar-refractivity contribution is 0.244. The number of nitrogens with zero attached hydrogens (tertiary/aromatic N) is 5. The maximum absolute atomic E-state index is 9.31. The van der Waals surface area contributed by atoms with Crippen molar-refractivity contribution in [3.63, 3.8) is 0 Å². The second-order valence-corrected chi connectivity index (χ2v) is 6.35. The Morgan fingerprint density at radius 3 is 2.87 bits per heavy atom. The zero-order valence-electron chi connectivity index (χ0n) is 12.8. The van der Waals surface area contributed by atoms with E-state index in [2.05, 4.69) is 25.9 Å². The molecule has 2 aromatic heterocycles. The molecular formula is C15H21N7O. The smallest absolute Gasteiger partial charge is 0.224 e. The third-order valence-corrected chi connectivity index (χ3v) is 4.69. The lowest BCUT2D eigenvalue weighted by atomic mass is 10.1. The topological polar surface area (TPSA) is 119 Å². The Balaban J connectivity index is 1.75. The van der Waals surface area contributed by atoms with Crippen molar-refractivity contribution < 1.29 is 5.11 Å². The number of hydrogen-bond acceptors (Lipinski definition) is 7. The first-order valence-electron chi connectivity index (χ1n) is 7.95. The van der Waals surface area contributed by atoms with E-state index in [4.69, 9.17) is 11.5 Å². The highest BCUT2D eigenvalue weighted by Crippen LogP contribution is 2.32. The summed E-state index contributed by atoms with van der Waals surface area (Å²) >= 11 is 0. The number of nitrogens with two attached hydrogens (primary N) is 2. The van der Waals surface area contributed by atoms with Crippen LogP contribution in [-0.4, -0.2) is 50.4 Å². The number of anilines is 2. The van der Waals surface area contributed by atoms with Gasteiger partial charge in [0.05, 0.1) is 12.4 Å². The number of allylic oxidation sites excluding steroid dienone is 1. The van der Waals surface area contributed by atoms with E-state index in [0.29, 0.717) is 0 Å². The van der Waals surface area contributed by atoms with Crippen molar-refractivity contribution in [2.75, 3.05) is 30.3 Å². The normalized spacial score (nSPS) is 27.4. The van der Waals surface area contributed by atoms with Gasteiger partial charge >= 0.3 is 0 Å². The summed E-state index contributed by atoms with van der Waals surface area (Å²) in [4.78, 5) is 15.4. The summed E-state index contributed by atoms with van der Waals surface area (Å²) in [6, 6.07) is 0.298. The predicted molar refractivity (Wildman–Crippen MR) is 87.9 cm³/mol. The quantitative estimate of drug-likeness (QED) is 0.685. The lowest BCUT2D eigenvalue weighted by Crippen LogP contribution is -2.27. The molecule has 0 unspecified atom stereocenters. The number of imidazole rings is 1. The summed E-state index contributed by atoms with van der Waals surface area (Å²) in [6.45, 7) is 1.78. The molecule has 2 aromatic rings. The van der Waals surface area contributed by atoms with E-state index >= 15 is 0 Å². The van der Waals surface area contributed by atoms with Gasteiger partial charge in [-0.1, -0.05) is 12.2 Å². The van der Waals surface area contributed by atoms with Crippen LogP contribution in [0.1, 0.15) is 18.9 Å². The molecule has 8 nitrogen and oxygen atoms in total. The molecule has 1 fully saturated rings. The maximum Gasteiger partial charge on any atom is 0.224 e. The maximum atomic E-state index is 9.31. The van der Waals surface area contributed by atoms with Crippen molar-refractivity contribution in [2.45, 2.75) is 24.9 Å². The van der Waals surface area contributed by atoms with Crippen LogP contribution in [0.3, 0.4) is 0 Å². The Morgan fingerprint density at radius 2 is 2.17 bits per heavy atom. The van der Waals surface area contributed by atoms with E-state index in [1.807, 2.05) is 10.6 Å². The monoisotopic (exact) mass is 315 g/mol. The summed E-state index contributed by atoms with van der Waals surface area (Å²) in [6.07, 6.45) is 7.70. The summed E-state index contributed by atoms with van der Waals surface area (Å²) in [5, 5.41) is 9.31. The number of hydrogen-bond donors (Lipinski definition) is 3. The average molecular weight is 315 g/mol. The van der Waals surface area contributed by atoms with E-state index in [9.17, 15) is 5.11 Å². The molecule has 122 valence electrons. The number of aromatic nitrogens is 4. The molecule has 1 aliphatic carbocycles. The van der Waals surface area contributed by atoms with Crippen LogP contribution in [0.15, 0.2) is 18.5 Å². The molecule has 0 saturated carbocycles. The largest absolute Gasteiger partial charge is 0.396 e. The van der Waals surface area contributed by atoms with Crippen LogP contribution in [0.4, 0.5) is 11.8 Å². The van der Waals surface area contributed by atoms with Crippen LogP contribution >= 0.6 is 0 Å². The van der Waals surface area contributed by atoms with Gasteiger partial charge in [0.2, 0.25) is 5.95 Å². The lowest BCUT2D eigenvalue weighted by Gasteiger charge is -2.18. The fourth-order valence-corrected chi connectivity index (χ4v) is 3.46. The van der Waals surface area contributed by atoms with Crippen LogP contribution in [0.25, 0.3) is 11.2 Å². The molecule has 23 heavy (non-hydrogen) atoms. The van der Waals surface area contributed by atoms with Crippen molar-refractivity contribution >= 4 is 22.9 Å². The number of nitrogen functional groups attached to an aromatic ring is 1. The van der Waals surface area contributed by atoms with E-state index in [1.165, 1.54) is 0 Å². The average Bonchev–Trinajstić information content (AvgIpc) is 3.24. The van der Waals surface area contributed by atoms with Gasteiger partial charge in [-0.25, -0.2) is 4.98 Å². The van der Waals surface area contributed by atoms with E-state index in [1.54, 1.807) is 6.33 Å². The van der Waals surface area contributed by atoms with Gasteiger partial charge in [0.25, 0.3) is 0 Å². The molecule has 3 atom stereocenters.